The molecule has 0 aromatic carbocycles. The Labute approximate surface area is 194 Å². The lowest BCUT2D eigenvalue weighted by molar-refractivity contribution is -0.291. The van der Waals surface area contributed by atoms with Crippen molar-refractivity contribution in [2.45, 2.75) is 90.3 Å². The van der Waals surface area contributed by atoms with Gasteiger partial charge in [0.25, 0.3) is 0 Å². The van der Waals surface area contributed by atoms with Gasteiger partial charge in [-0.05, 0) is 19.4 Å². The number of primary amides is 1. The first-order chi connectivity index (χ1) is 15.6. The first-order valence-corrected chi connectivity index (χ1v) is 11.4. The molecule has 1 aliphatic heterocycles. The van der Waals surface area contributed by atoms with Crippen LogP contribution in [0, 0.1) is 5.92 Å². The van der Waals surface area contributed by atoms with Crippen LogP contribution in [-0.2, 0) is 42.9 Å². The first kappa shape index (κ1) is 28.8. The van der Waals surface area contributed by atoms with Gasteiger partial charge in [0.1, 0.15) is 18.8 Å². The highest BCUT2D eigenvalue weighted by molar-refractivity contribution is 5.74. The summed E-state index contributed by atoms with van der Waals surface area (Å²) in [6.45, 7) is 4.38. The number of nitrogens with two attached hydrogens (primary N) is 2. The largest absolute Gasteiger partial charge is 0.463 e. The van der Waals surface area contributed by atoms with Gasteiger partial charge in [0.05, 0.1) is 5.92 Å². The topological polar surface area (TPSA) is 166 Å². The van der Waals surface area contributed by atoms with Gasteiger partial charge in [0.2, 0.25) is 5.91 Å². The third-order valence-electron chi connectivity index (χ3n) is 5.14. The van der Waals surface area contributed by atoms with Crippen LogP contribution >= 0.6 is 0 Å². The Kier molecular flexibility index (Phi) is 13.6. The lowest BCUT2D eigenvalue weighted by Crippen LogP contribution is -2.59. The number of hydrogen-bond acceptors (Lipinski definition) is 10. The van der Waals surface area contributed by atoms with E-state index in [0.717, 1.165) is 38.5 Å². The summed E-state index contributed by atoms with van der Waals surface area (Å²) in [4.78, 5) is 46.6. The van der Waals surface area contributed by atoms with Crippen LogP contribution in [0.1, 0.15) is 65.7 Å². The minimum atomic E-state index is -1.11. The average Bonchev–Trinajstić information content (AvgIpc) is 2.71. The number of hydrogen-bond donors (Lipinski definition) is 2. The van der Waals surface area contributed by atoms with Crippen LogP contribution in [0.15, 0.2) is 0 Å². The van der Waals surface area contributed by atoms with E-state index in [1.54, 1.807) is 0 Å². The van der Waals surface area contributed by atoms with Crippen molar-refractivity contribution in [1.82, 2.24) is 0 Å². The molecule has 0 aromatic heterocycles. The molecule has 33 heavy (non-hydrogen) atoms. The maximum absolute atomic E-state index is 11.8. The van der Waals surface area contributed by atoms with Crippen molar-refractivity contribution in [3.63, 3.8) is 0 Å². The van der Waals surface area contributed by atoms with Gasteiger partial charge in [-0.1, -0.05) is 25.7 Å². The Balaban J connectivity index is 2.95. The van der Waals surface area contributed by atoms with Gasteiger partial charge < -0.3 is 35.2 Å². The molecular weight excluding hydrogens is 436 g/mol. The van der Waals surface area contributed by atoms with Crippen molar-refractivity contribution >= 4 is 23.8 Å². The molecule has 0 spiro atoms. The summed E-state index contributed by atoms with van der Waals surface area (Å²) in [5.41, 5.74) is 10.9. The van der Waals surface area contributed by atoms with Crippen molar-refractivity contribution in [2.75, 3.05) is 19.8 Å². The van der Waals surface area contributed by atoms with E-state index in [1.807, 2.05) is 0 Å². The van der Waals surface area contributed by atoms with Gasteiger partial charge in [-0.2, -0.15) is 0 Å². The van der Waals surface area contributed by atoms with Crippen LogP contribution in [-0.4, -0.2) is 68.2 Å². The number of unbranched alkanes of at least 4 members (excludes halogenated alkanes) is 5. The Bertz CT molecular complexity index is 643. The molecule has 11 heteroatoms. The molecule has 0 aromatic rings. The molecule has 1 saturated heterocycles. The summed E-state index contributed by atoms with van der Waals surface area (Å²) in [6, 6.07) is 0. The van der Waals surface area contributed by atoms with Crippen LogP contribution in [0.5, 0.6) is 0 Å². The molecule has 1 rings (SSSR count). The molecule has 1 aliphatic rings. The second-order valence-corrected chi connectivity index (χ2v) is 8.11. The van der Waals surface area contributed by atoms with Gasteiger partial charge in [0.15, 0.2) is 12.4 Å². The minimum Gasteiger partial charge on any atom is -0.463 e. The van der Waals surface area contributed by atoms with Crippen LogP contribution in [0.25, 0.3) is 0 Å². The highest BCUT2D eigenvalue weighted by Gasteiger charge is 2.51. The van der Waals surface area contributed by atoms with E-state index in [1.165, 1.54) is 20.8 Å². The quantitative estimate of drug-likeness (QED) is 0.198. The maximum atomic E-state index is 11.8. The highest BCUT2D eigenvalue weighted by Crippen LogP contribution is 2.34. The average molecular weight is 475 g/mol. The monoisotopic (exact) mass is 474 g/mol. The fourth-order valence-electron chi connectivity index (χ4n) is 3.74. The Morgan fingerprint density at radius 2 is 1.39 bits per heavy atom. The number of amides is 1. The lowest BCUT2D eigenvalue weighted by Gasteiger charge is -2.44. The molecule has 1 amide bonds. The van der Waals surface area contributed by atoms with Gasteiger partial charge in [-0.15, -0.1) is 0 Å². The lowest BCUT2D eigenvalue weighted by atomic mass is 9.87. The van der Waals surface area contributed by atoms with E-state index < -0.39 is 54.3 Å². The smallest absolute Gasteiger partial charge is 0.303 e. The second kappa shape index (κ2) is 15.6. The normalized spacial score (nSPS) is 24.7. The molecule has 0 unspecified atom stereocenters. The van der Waals surface area contributed by atoms with Crippen molar-refractivity contribution < 1.29 is 42.9 Å². The van der Waals surface area contributed by atoms with Crippen molar-refractivity contribution in [3.05, 3.63) is 0 Å². The zero-order valence-corrected chi connectivity index (χ0v) is 19.8. The van der Waals surface area contributed by atoms with E-state index in [9.17, 15) is 19.2 Å². The molecule has 1 fully saturated rings. The molecule has 0 saturated carbocycles. The zero-order valence-electron chi connectivity index (χ0n) is 19.8. The standard InChI is InChI=1S/C22H38N2O9/c1-14(25)30-13-18-21(32-16(3)27)20(31-15(2)26)17(12-19(24)28)22(33-18)29-11-9-7-5-4-6-8-10-23/h17-18,20-22H,4-13,23H2,1-3H3,(H2,24,28)/t17-,18-,20-,21+,22-/m1/s1. The van der Waals surface area contributed by atoms with Gasteiger partial charge in [-0.3, -0.25) is 19.2 Å². The zero-order chi connectivity index (χ0) is 24.8. The van der Waals surface area contributed by atoms with E-state index in [4.69, 9.17) is 35.2 Å². The molecule has 11 nitrogen and oxygen atoms in total. The summed E-state index contributed by atoms with van der Waals surface area (Å²) in [5, 5.41) is 0. The maximum Gasteiger partial charge on any atom is 0.303 e. The SMILES string of the molecule is CC(=O)OC[C@H]1O[C@@H](OCCCCCCCCN)[C@H](CC(N)=O)[C@@H](OC(C)=O)[C@H]1OC(C)=O. The molecule has 0 radical (unpaired) electrons. The number of carbonyl (C=O) groups excluding carboxylic acids is 4. The number of carbonyl (C=O) groups is 4. The number of ether oxygens (including phenoxy) is 5. The third-order valence-corrected chi connectivity index (χ3v) is 5.14. The molecule has 4 N–H and O–H groups in total. The molecule has 190 valence electrons. The predicted molar refractivity (Wildman–Crippen MR) is 116 cm³/mol. The van der Waals surface area contributed by atoms with E-state index >= 15 is 0 Å². The van der Waals surface area contributed by atoms with Crippen LogP contribution in [0.3, 0.4) is 0 Å². The van der Waals surface area contributed by atoms with Gasteiger partial charge >= 0.3 is 17.9 Å². The fraction of sp³-hybridized carbons (Fsp3) is 0.818. The number of rotatable bonds is 15. The minimum absolute atomic E-state index is 0.222. The van der Waals surface area contributed by atoms with E-state index in [0.29, 0.717) is 13.2 Å². The van der Waals surface area contributed by atoms with Crippen molar-refractivity contribution in [1.29, 1.82) is 0 Å². The molecule has 0 bridgehead atoms. The van der Waals surface area contributed by atoms with E-state index in [-0.39, 0.29) is 13.0 Å². The summed E-state index contributed by atoms with van der Waals surface area (Å²) in [7, 11) is 0. The summed E-state index contributed by atoms with van der Waals surface area (Å²) >= 11 is 0. The van der Waals surface area contributed by atoms with Crippen molar-refractivity contribution in [2.24, 2.45) is 17.4 Å². The Hall–Kier alpha value is -2.24. The Morgan fingerprint density at radius 1 is 0.818 bits per heavy atom. The third kappa shape index (κ3) is 11.4. The number of esters is 3. The predicted octanol–water partition coefficient (Wildman–Crippen LogP) is 0.945. The van der Waals surface area contributed by atoms with Crippen LogP contribution < -0.4 is 11.5 Å². The molecule has 0 aliphatic carbocycles. The van der Waals surface area contributed by atoms with Crippen molar-refractivity contribution in [3.8, 4) is 0 Å². The fourth-order valence-corrected chi connectivity index (χ4v) is 3.74. The van der Waals surface area contributed by atoms with E-state index in [2.05, 4.69) is 0 Å². The van der Waals surface area contributed by atoms with Crippen LogP contribution in [0.2, 0.25) is 0 Å². The molecule has 5 atom stereocenters. The summed E-state index contributed by atoms with van der Waals surface area (Å²) < 4.78 is 27.7. The molecule has 1 heterocycles. The van der Waals surface area contributed by atoms with Gasteiger partial charge in [0, 0.05) is 33.8 Å². The summed E-state index contributed by atoms with van der Waals surface area (Å²) in [6.07, 6.45) is 1.56. The highest BCUT2D eigenvalue weighted by atomic mass is 16.7. The Morgan fingerprint density at radius 3 is 1.94 bits per heavy atom. The van der Waals surface area contributed by atoms with Gasteiger partial charge in [-0.25, -0.2) is 0 Å². The second-order valence-electron chi connectivity index (χ2n) is 8.11. The van der Waals surface area contributed by atoms with Crippen LogP contribution in [0.4, 0.5) is 0 Å². The molecular formula is C22H38N2O9. The summed E-state index contributed by atoms with van der Waals surface area (Å²) in [5.74, 6) is -3.32. The first-order valence-electron chi connectivity index (χ1n) is 11.4.